The van der Waals surface area contributed by atoms with Gasteiger partial charge in [-0.15, -0.1) is 0 Å². The third-order valence-electron chi connectivity index (χ3n) is 4.14. The Bertz CT molecular complexity index is 685. The van der Waals surface area contributed by atoms with Crippen LogP contribution in [0.5, 0.6) is 0 Å². The zero-order valence-corrected chi connectivity index (χ0v) is 15.5. The van der Waals surface area contributed by atoms with Crippen LogP contribution in [0, 0.1) is 0 Å². The van der Waals surface area contributed by atoms with Gasteiger partial charge in [-0.25, -0.2) is 4.79 Å². The second-order valence-electron chi connectivity index (χ2n) is 6.37. The molecule has 1 fully saturated rings. The van der Waals surface area contributed by atoms with Gasteiger partial charge in [0, 0.05) is 17.8 Å². The van der Waals surface area contributed by atoms with E-state index in [1.165, 1.54) is 0 Å². The molecule has 7 heteroatoms. The predicted octanol–water partition coefficient (Wildman–Crippen LogP) is 3.10. The van der Waals surface area contributed by atoms with E-state index >= 15 is 0 Å². The number of rotatable bonds is 5. The largest absolute Gasteiger partial charge is 0.492 e. The van der Waals surface area contributed by atoms with Crippen molar-refractivity contribution in [3.63, 3.8) is 0 Å². The van der Waals surface area contributed by atoms with Gasteiger partial charge < -0.3 is 23.8 Å². The molecule has 0 aromatic heterocycles. The van der Waals surface area contributed by atoms with Gasteiger partial charge >= 0.3 is 5.97 Å². The van der Waals surface area contributed by atoms with Crippen molar-refractivity contribution in [3.05, 3.63) is 40.7 Å². The number of carbonyl (C=O) groups is 1. The number of benzene rings is 1. The van der Waals surface area contributed by atoms with Crippen LogP contribution in [0.2, 0.25) is 5.02 Å². The molecular weight excluding hydrogens is 346 g/mol. The molecule has 0 spiro atoms. The highest BCUT2D eigenvalue weighted by Crippen LogP contribution is 2.36. The van der Waals surface area contributed by atoms with E-state index < -0.39 is 24.0 Å². The molecule has 2 atom stereocenters. The summed E-state index contributed by atoms with van der Waals surface area (Å²) < 4.78 is 22.8. The first-order chi connectivity index (χ1) is 11.8. The Morgan fingerprint density at radius 1 is 1.32 bits per heavy atom. The summed E-state index contributed by atoms with van der Waals surface area (Å²) >= 11 is 5.94. The summed E-state index contributed by atoms with van der Waals surface area (Å²) in [6, 6.07) is 7.20. The highest BCUT2D eigenvalue weighted by molar-refractivity contribution is 6.30. The lowest BCUT2D eigenvalue weighted by Gasteiger charge is -2.22. The fourth-order valence-electron chi connectivity index (χ4n) is 2.97. The lowest BCUT2D eigenvalue weighted by molar-refractivity contribution is -0.163. The summed E-state index contributed by atoms with van der Waals surface area (Å²) in [6.45, 7) is 6.27. The first kappa shape index (κ1) is 18.0. The molecule has 136 valence electrons. The third-order valence-corrected chi connectivity index (χ3v) is 4.39. The number of carbonyl (C=O) groups excluding carboxylic acids is 1. The summed E-state index contributed by atoms with van der Waals surface area (Å²) in [4.78, 5) is 14.3. The van der Waals surface area contributed by atoms with Crippen LogP contribution < -0.4 is 4.90 Å². The average molecular weight is 368 g/mol. The number of cyclic esters (lactones) is 1. The molecule has 1 saturated heterocycles. The topological polar surface area (TPSA) is 57.2 Å². The van der Waals surface area contributed by atoms with Gasteiger partial charge in [0.15, 0.2) is 23.3 Å². The van der Waals surface area contributed by atoms with Crippen LogP contribution in [0.3, 0.4) is 0 Å². The maximum Gasteiger partial charge on any atom is 0.359 e. The van der Waals surface area contributed by atoms with Crippen molar-refractivity contribution < 1.29 is 23.7 Å². The smallest absolute Gasteiger partial charge is 0.359 e. The summed E-state index contributed by atoms with van der Waals surface area (Å²) in [5.74, 6) is -0.686. The molecular formula is C18H22ClNO5. The van der Waals surface area contributed by atoms with Crippen LogP contribution in [0.1, 0.15) is 20.8 Å². The van der Waals surface area contributed by atoms with Crippen LogP contribution in [-0.4, -0.2) is 44.2 Å². The van der Waals surface area contributed by atoms with Crippen molar-refractivity contribution in [2.75, 3.05) is 25.2 Å². The van der Waals surface area contributed by atoms with E-state index in [-0.39, 0.29) is 0 Å². The number of likely N-dealkylation sites (N-methyl/N-ethyl adjacent to an activating group) is 1. The first-order valence-corrected chi connectivity index (χ1v) is 8.59. The molecule has 2 aliphatic rings. The molecule has 2 heterocycles. The summed E-state index contributed by atoms with van der Waals surface area (Å²) in [5.41, 5.74) is 1.17. The zero-order valence-electron chi connectivity index (χ0n) is 14.7. The molecule has 6 nitrogen and oxygen atoms in total. The molecule has 1 aromatic carbocycles. The van der Waals surface area contributed by atoms with E-state index in [0.717, 1.165) is 5.69 Å². The fraction of sp³-hybridized carbons (Fsp3) is 0.500. The van der Waals surface area contributed by atoms with Crippen molar-refractivity contribution in [2.24, 2.45) is 0 Å². The van der Waals surface area contributed by atoms with E-state index in [0.29, 0.717) is 29.7 Å². The van der Waals surface area contributed by atoms with Crippen LogP contribution in [0.15, 0.2) is 35.7 Å². The van der Waals surface area contributed by atoms with Gasteiger partial charge in [0.05, 0.1) is 13.2 Å². The van der Waals surface area contributed by atoms with E-state index in [9.17, 15) is 4.79 Å². The van der Waals surface area contributed by atoms with Gasteiger partial charge in [0.25, 0.3) is 0 Å². The molecule has 1 aromatic rings. The van der Waals surface area contributed by atoms with Crippen LogP contribution in [0.4, 0.5) is 5.69 Å². The minimum atomic E-state index is -0.709. The standard InChI is InChI=1S/C18H22ClNO5/c1-5-22-16-14(20(4)12-8-6-11(19)7-9-12)17(21)24-15(16)13-10-23-18(2,3)25-13/h6-9,13,15H,5,10H2,1-4H3/t13-,15+/m0/s1. The third kappa shape index (κ3) is 3.61. The maximum atomic E-state index is 12.5. The summed E-state index contributed by atoms with van der Waals surface area (Å²) in [6.07, 6.45) is -1.03. The highest BCUT2D eigenvalue weighted by Gasteiger charge is 2.48. The predicted molar refractivity (Wildman–Crippen MR) is 93.3 cm³/mol. The fourth-order valence-corrected chi connectivity index (χ4v) is 3.10. The normalized spacial score (nSPS) is 25.2. The molecule has 0 unspecified atom stereocenters. The lowest BCUT2D eigenvalue weighted by atomic mass is 10.1. The number of halogens is 1. The van der Waals surface area contributed by atoms with Gasteiger partial charge in [0.1, 0.15) is 6.10 Å². The van der Waals surface area contributed by atoms with Crippen molar-refractivity contribution in [3.8, 4) is 0 Å². The molecule has 0 saturated carbocycles. The second-order valence-corrected chi connectivity index (χ2v) is 6.81. The summed E-state index contributed by atoms with van der Waals surface area (Å²) in [7, 11) is 1.79. The Labute approximate surface area is 152 Å². The van der Waals surface area contributed by atoms with E-state index in [1.54, 1.807) is 24.1 Å². The quantitative estimate of drug-likeness (QED) is 0.745. The number of esters is 1. The zero-order chi connectivity index (χ0) is 18.2. The average Bonchev–Trinajstić information content (AvgIpc) is 3.07. The maximum absolute atomic E-state index is 12.5. The minimum absolute atomic E-state index is 0.333. The van der Waals surface area contributed by atoms with E-state index in [1.807, 2.05) is 32.9 Å². The van der Waals surface area contributed by atoms with Crippen molar-refractivity contribution >= 4 is 23.3 Å². The van der Waals surface area contributed by atoms with Crippen molar-refractivity contribution in [2.45, 2.75) is 38.8 Å². The van der Waals surface area contributed by atoms with Crippen LogP contribution in [-0.2, 0) is 23.7 Å². The molecule has 0 bridgehead atoms. The van der Waals surface area contributed by atoms with Gasteiger partial charge in [-0.05, 0) is 45.0 Å². The molecule has 0 N–H and O–H groups in total. The van der Waals surface area contributed by atoms with Gasteiger partial charge in [-0.1, -0.05) is 11.6 Å². The van der Waals surface area contributed by atoms with E-state index in [4.69, 9.17) is 30.5 Å². The summed E-state index contributed by atoms with van der Waals surface area (Å²) in [5, 5.41) is 0.627. The SMILES string of the molecule is CCOC1=C(N(C)c2ccc(Cl)cc2)C(=O)O[C@@H]1[C@@H]1COC(C)(C)O1. The van der Waals surface area contributed by atoms with Crippen LogP contribution in [0.25, 0.3) is 0 Å². The van der Waals surface area contributed by atoms with E-state index in [2.05, 4.69) is 0 Å². The second kappa shape index (κ2) is 6.86. The lowest BCUT2D eigenvalue weighted by Crippen LogP contribution is -2.33. The Kier molecular flexibility index (Phi) is 4.95. The monoisotopic (exact) mass is 367 g/mol. The number of ether oxygens (including phenoxy) is 4. The van der Waals surface area contributed by atoms with Gasteiger partial charge in [0.2, 0.25) is 0 Å². The molecule has 0 aliphatic carbocycles. The number of hydrogen-bond donors (Lipinski definition) is 0. The Hall–Kier alpha value is -1.76. The van der Waals surface area contributed by atoms with Crippen LogP contribution >= 0.6 is 11.6 Å². The molecule has 0 radical (unpaired) electrons. The number of hydrogen-bond acceptors (Lipinski definition) is 6. The molecule has 0 amide bonds. The highest BCUT2D eigenvalue weighted by atomic mass is 35.5. The Morgan fingerprint density at radius 3 is 2.56 bits per heavy atom. The van der Waals surface area contributed by atoms with Gasteiger partial charge in [-0.3, -0.25) is 0 Å². The number of nitrogens with zero attached hydrogens (tertiary/aromatic N) is 1. The Morgan fingerprint density at radius 2 is 2.00 bits per heavy atom. The Balaban J connectivity index is 1.93. The van der Waals surface area contributed by atoms with Crippen molar-refractivity contribution in [1.29, 1.82) is 0 Å². The van der Waals surface area contributed by atoms with Crippen molar-refractivity contribution in [1.82, 2.24) is 0 Å². The van der Waals surface area contributed by atoms with Gasteiger partial charge in [-0.2, -0.15) is 0 Å². The molecule has 3 rings (SSSR count). The number of anilines is 1. The molecule has 25 heavy (non-hydrogen) atoms. The first-order valence-electron chi connectivity index (χ1n) is 8.21. The molecule has 2 aliphatic heterocycles. The minimum Gasteiger partial charge on any atom is -0.492 e.